The normalized spacial score (nSPS) is 32.3. The van der Waals surface area contributed by atoms with Crippen LogP contribution in [0.3, 0.4) is 0 Å². The number of carbonyl (C=O) groups excluding carboxylic acids is 1. The Labute approximate surface area is 152 Å². The Hall–Kier alpha value is -2.15. The molecule has 3 aliphatic rings. The summed E-state index contributed by atoms with van der Waals surface area (Å²) in [7, 11) is 1.35. The van der Waals surface area contributed by atoms with Crippen LogP contribution in [0.15, 0.2) is 35.9 Å². The number of piperidine rings is 1. The Bertz CT molecular complexity index is 902. The summed E-state index contributed by atoms with van der Waals surface area (Å²) in [6, 6.07) is 7.73. The third kappa shape index (κ3) is 2.19. The molecule has 26 heavy (non-hydrogen) atoms. The number of benzene rings is 1. The van der Waals surface area contributed by atoms with Crippen molar-refractivity contribution in [3.8, 4) is 0 Å². The first-order valence-electron chi connectivity index (χ1n) is 9.00. The van der Waals surface area contributed by atoms with Crippen molar-refractivity contribution in [2.45, 2.75) is 25.3 Å². The van der Waals surface area contributed by atoms with Crippen LogP contribution in [-0.2, 0) is 21.5 Å². The molecule has 0 amide bonds. The van der Waals surface area contributed by atoms with E-state index in [9.17, 15) is 15.1 Å². The molecule has 5 rings (SSSR count). The Balaban J connectivity index is 2.09. The van der Waals surface area contributed by atoms with Crippen LogP contribution < -0.4 is 0 Å². The largest absolute Gasteiger partial charge is 0.632 e. The molecule has 0 saturated carbocycles. The lowest BCUT2D eigenvalue weighted by atomic mass is 9.64. The van der Waals surface area contributed by atoms with Crippen molar-refractivity contribution in [3.05, 3.63) is 52.4 Å². The van der Waals surface area contributed by atoms with Gasteiger partial charge >= 0.3 is 5.97 Å². The minimum absolute atomic E-state index is 0.253. The van der Waals surface area contributed by atoms with Crippen molar-refractivity contribution in [2.24, 2.45) is 5.92 Å². The van der Waals surface area contributed by atoms with Gasteiger partial charge in [-0.3, -0.25) is 4.79 Å². The van der Waals surface area contributed by atoms with E-state index in [1.165, 1.54) is 7.11 Å². The number of hydrogen-bond acceptors (Lipinski definition) is 4. The molecule has 138 valence electrons. The maximum atomic E-state index is 13.4. The summed E-state index contributed by atoms with van der Waals surface area (Å²) in [6.45, 7) is 2.59. The second-order valence-electron chi connectivity index (χ2n) is 7.45. The van der Waals surface area contributed by atoms with Crippen LogP contribution in [0.25, 0.3) is 10.9 Å². The van der Waals surface area contributed by atoms with Gasteiger partial charge in [-0.25, -0.2) is 0 Å². The predicted octanol–water partition coefficient (Wildman–Crippen LogP) is 2.37. The van der Waals surface area contributed by atoms with Gasteiger partial charge in [0.1, 0.15) is 18.5 Å². The van der Waals surface area contributed by atoms with Gasteiger partial charge in [0.05, 0.1) is 20.3 Å². The Morgan fingerprint density at radius 2 is 2.23 bits per heavy atom. The first kappa shape index (κ1) is 17.3. The number of nitrogens with zero attached hydrogens (tertiary/aromatic N) is 1. The number of nitrogens with one attached hydrogen (secondary N) is 1. The number of rotatable bonds is 2. The van der Waals surface area contributed by atoms with Crippen molar-refractivity contribution >= 4 is 16.9 Å². The van der Waals surface area contributed by atoms with Crippen LogP contribution in [0.1, 0.15) is 24.6 Å². The van der Waals surface area contributed by atoms with Crippen LogP contribution in [0.2, 0.25) is 0 Å². The number of fused-ring (bicyclic) bond motifs is 3. The Morgan fingerprint density at radius 1 is 1.46 bits per heavy atom. The lowest BCUT2D eigenvalue weighted by Gasteiger charge is -2.53. The van der Waals surface area contributed by atoms with Crippen molar-refractivity contribution in [2.75, 3.05) is 26.8 Å². The summed E-state index contributed by atoms with van der Waals surface area (Å²) in [5.74, 6) is -0.706. The minimum atomic E-state index is -1.21. The molecule has 0 radical (unpaired) electrons. The molecule has 1 unspecified atom stereocenters. The van der Waals surface area contributed by atoms with E-state index in [0.717, 1.165) is 22.0 Å². The van der Waals surface area contributed by atoms with Gasteiger partial charge in [-0.15, -0.1) is 0 Å². The van der Waals surface area contributed by atoms with E-state index in [1.54, 1.807) is 0 Å². The predicted molar refractivity (Wildman–Crippen MR) is 98.0 cm³/mol. The maximum absolute atomic E-state index is 13.4. The van der Waals surface area contributed by atoms with Crippen molar-refractivity contribution in [1.82, 2.24) is 4.98 Å². The number of aromatic amines is 1. The van der Waals surface area contributed by atoms with Gasteiger partial charge in [-0.2, -0.15) is 0 Å². The average Bonchev–Trinajstić information content (AvgIpc) is 3.00. The minimum Gasteiger partial charge on any atom is -0.632 e. The third-order valence-corrected chi connectivity index (χ3v) is 6.21. The molecule has 3 aliphatic heterocycles. The highest BCUT2D eigenvalue weighted by Crippen LogP contribution is 2.49. The molecule has 0 aliphatic carbocycles. The summed E-state index contributed by atoms with van der Waals surface area (Å²) in [5.41, 5.74) is 2.05. The summed E-state index contributed by atoms with van der Waals surface area (Å²) < 4.78 is 4.85. The van der Waals surface area contributed by atoms with Gasteiger partial charge < -0.3 is 24.7 Å². The zero-order valence-corrected chi connectivity index (χ0v) is 15.1. The number of ether oxygens (including phenoxy) is 1. The summed E-state index contributed by atoms with van der Waals surface area (Å²) in [4.78, 5) is 16.4. The second-order valence-corrected chi connectivity index (χ2v) is 7.45. The van der Waals surface area contributed by atoms with E-state index in [1.807, 2.05) is 37.3 Å². The number of esters is 1. The number of allylic oxidation sites excluding steroid dienone is 1. The lowest BCUT2D eigenvalue weighted by Crippen LogP contribution is -2.59. The van der Waals surface area contributed by atoms with Gasteiger partial charge in [0.15, 0.2) is 0 Å². The van der Waals surface area contributed by atoms with Gasteiger partial charge in [0.2, 0.25) is 0 Å². The standard InChI is InChI=1S/C20H24N2O4/c1-3-13-10-22(25)9-8-16(13)20(12-23,19(24)26-2)18-15(11-22)14-6-4-5-7-17(14)21-18/h3-7,16,21,23H,8-12H2,1-2H3/t16-,20-,22?/m0/s1. The number of hydroxylamine groups is 3. The van der Waals surface area contributed by atoms with Crippen molar-refractivity contribution < 1.29 is 19.3 Å². The molecular weight excluding hydrogens is 332 g/mol. The molecule has 6 nitrogen and oxygen atoms in total. The molecule has 1 fully saturated rings. The van der Waals surface area contributed by atoms with Gasteiger partial charge in [0.25, 0.3) is 0 Å². The quantitative estimate of drug-likeness (QED) is 0.374. The average molecular weight is 356 g/mol. The molecule has 0 spiro atoms. The number of H-pyrrole nitrogens is 1. The van der Waals surface area contributed by atoms with Gasteiger partial charge in [0, 0.05) is 34.5 Å². The van der Waals surface area contributed by atoms with E-state index in [4.69, 9.17) is 4.74 Å². The number of para-hydroxylation sites is 1. The number of carbonyl (C=O) groups is 1. The SMILES string of the molecule is CC=C1C[N+]2([O-])CC[C@@H]1[C@](CO)(C(=O)OC)c1[nH]c3ccccc3c1C2. The van der Waals surface area contributed by atoms with Crippen LogP contribution in [-0.4, -0.2) is 47.5 Å². The van der Waals surface area contributed by atoms with E-state index >= 15 is 0 Å². The highest BCUT2D eigenvalue weighted by atomic mass is 16.5. The molecule has 2 N–H and O–H groups in total. The van der Waals surface area contributed by atoms with Gasteiger partial charge in [-0.05, 0) is 18.6 Å². The van der Waals surface area contributed by atoms with Gasteiger partial charge in [-0.1, -0.05) is 24.3 Å². The Kier molecular flexibility index (Phi) is 3.95. The lowest BCUT2D eigenvalue weighted by molar-refractivity contribution is -0.894. The third-order valence-electron chi connectivity index (χ3n) is 6.21. The number of aromatic nitrogens is 1. The molecule has 6 heteroatoms. The van der Waals surface area contributed by atoms with Crippen molar-refractivity contribution in [3.63, 3.8) is 0 Å². The molecule has 2 aromatic rings. The van der Waals surface area contributed by atoms with E-state index < -0.39 is 11.4 Å². The highest BCUT2D eigenvalue weighted by Gasteiger charge is 2.56. The fourth-order valence-electron chi connectivity index (χ4n) is 4.95. The highest BCUT2D eigenvalue weighted by molar-refractivity contribution is 5.91. The van der Waals surface area contributed by atoms with E-state index in [0.29, 0.717) is 25.2 Å². The number of quaternary nitrogens is 1. The number of methoxy groups -OCH3 is 1. The monoisotopic (exact) mass is 356 g/mol. The fraction of sp³-hybridized carbons (Fsp3) is 0.450. The number of aliphatic hydroxyl groups is 1. The topological polar surface area (TPSA) is 85.4 Å². The molecule has 4 heterocycles. The molecule has 2 bridgehead atoms. The van der Waals surface area contributed by atoms with E-state index in [-0.39, 0.29) is 23.7 Å². The molecule has 3 atom stereocenters. The van der Waals surface area contributed by atoms with Crippen LogP contribution in [0.4, 0.5) is 0 Å². The number of aliphatic hydroxyl groups excluding tert-OH is 1. The smallest absolute Gasteiger partial charge is 0.320 e. The van der Waals surface area contributed by atoms with E-state index in [2.05, 4.69) is 4.98 Å². The van der Waals surface area contributed by atoms with Crippen molar-refractivity contribution in [1.29, 1.82) is 0 Å². The Morgan fingerprint density at radius 3 is 2.92 bits per heavy atom. The number of hydrogen-bond donors (Lipinski definition) is 2. The first-order chi connectivity index (χ1) is 12.5. The van der Waals surface area contributed by atoms with Crippen LogP contribution in [0, 0.1) is 11.1 Å². The molecule has 1 saturated heterocycles. The second kappa shape index (κ2) is 5.94. The van der Waals surface area contributed by atoms with Crippen LogP contribution in [0.5, 0.6) is 0 Å². The molecule has 1 aromatic carbocycles. The summed E-state index contributed by atoms with van der Waals surface area (Å²) >= 11 is 0. The zero-order chi connectivity index (χ0) is 18.5. The summed E-state index contributed by atoms with van der Waals surface area (Å²) in [6.07, 6.45) is 2.48. The van der Waals surface area contributed by atoms with Crippen LogP contribution >= 0.6 is 0 Å². The molecule has 1 aromatic heterocycles. The fourth-order valence-corrected chi connectivity index (χ4v) is 4.95. The first-order valence-corrected chi connectivity index (χ1v) is 9.00. The summed E-state index contributed by atoms with van der Waals surface area (Å²) in [5, 5.41) is 24.9. The maximum Gasteiger partial charge on any atom is 0.320 e. The molecular formula is C20H24N2O4. The zero-order valence-electron chi connectivity index (χ0n) is 15.1.